The Morgan fingerprint density at radius 3 is 1.63 bits per heavy atom. The largest absolute Gasteiger partial charge is 0.247 e. The number of aromatic nitrogens is 3. The highest BCUT2D eigenvalue weighted by Gasteiger charge is 2.16. The van der Waals surface area contributed by atoms with Crippen LogP contribution in [0.4, 0.5) is 0 Å². The molecule has 0 aliphatic rings. The zero-order valence-electron chi connectivity index (χ0n) is 28.2. The Hall–Kier alpha value is -6.97. The molecule has 0 aliphatic carbocycles. The molecule has 0 saturated heterocycles. The second kappa shape index (κ2) is 12.4. The van der Waals surface area contributed by atoms with Crippen LogP contribution in [-0.2, 0) is 0 Å². The third-order valence-electron chi connectivity index (χ3n) is 10.1. The minimum atomic E-state index is 0.695. The molecule has 0 fully saturated rings. The van der Waals surface area contributed by atoms with E-state index in [-0.39, 0.29) is 0 Å². The van der Waals surface area contributed by atoms with Crippen LogP contribution in [0.2, 0.25) is 0 Å². The molecule has 0 atom stereocenters. The van der Waals surface area contributed by atoms with Gasteiger partial charge in [0.2, 0.25) is 0 Å². The van der Waals surface area contributed by atoms with Crippen LogP contribution in [0.1, 0.15) is 0 Å². The quantitative estimate of drug-likeness (QED) is 0.172. The molecule has 10 rings (SSSR count). The monoisotopic (exact) mass is 661 g/mol. The van der Waals surface area contributed by atoms with E-state index in [2.05, 4.69) is 176 Å². The van der Waals surface area contributed by atoms with E-state index in [1.165, 1.54) is 32.8 Å². The van der Waals surface area contributed by atoms with Crippen molar-refractivity contribution in [3.8, 4) is 56.2 Å². The molecule has 0 N–H and O–H groups in total. The molecule has 0 amide bonds. The van der Waals surface area contributed by atoms with Crippen molar-refractivity contribution in [2.45, 2.75) is 0 Å². The first-order valence-corrected chi connectivity index (χ1v) is 17.6. The van der Waals surface area contributed by atoms with Gasteiger partial charge in [-0.2, -0.15) is 0 Å². The molecule has 0 radical (unpaired) electrons. The SMILES string of the molecule is c1ccc(-c2cccc(-c3nc(-c4ccc(-c5nc6ccc(-c7ccccc7)cc6c6c5ccc5ccccc56)cc4)nc4ccccc34)c2)cc1. The summed E-state index contributed by atoms with van der Waals surface area (Å²) in [6.07, 6.45) is 0. The molecule has 0 saturated carbocycles. The Bertz CT molecular complexity index is 2930. The lowest BCUT2D eigenvalue weighted by Crippen LogP contribution is -1.96. The number of benzene rings is 8. The predicted molar refractivity (Wildman–Crippen MR) is 217 cm³/mol. The molecule has 3 heteroatoms. The van der Waals surface area contributed by atoms with E-state index >= 15 is 0 Å². The van der Waals surface area contributed by atoms with Crippen molar-refractivity contribution in [1.29, 1.82) is 0 Å². The Morgan fingerprint density at radius 2 is 0.846 bits per heavy atom. The molecule has 3 nitrogen and oxygen atoms in total. The second-order valence-electron chi connectivity index (χ2n) is 13.2. The van der Waals surface area contributed by atoms with E-state index < -0.39 is 0 Å². The molecule has 0 spiro atoms. The number of hydrogen-bond donors (Lipinski definition) is 0. The summed E-state index contributed by atoms with van der Waals surface area (Å²) in [4.78, 5) is 15.6. The van der Waals surface area contributed by atoms with Gasteiger partial charge in [-0.3, -0.25) is 0 Å². The number of hydrogen-bond acceptors (Lipinski definition) is 3. The van der Waals surface area contributed by atoms with Crippen LogP contribution in [0.15, 0.2) is 188 Å². The molecule has 242 valence electrons. The first kappa shape index (κ1) is 29.9. The Kier molecular flexibility index (Phi) is 7.14. The fourth-order valence-corrected chi connectivity index (χ4v) is 7.48. The summed E-state index contributed by atoms with van der Waals surface area (Å²) >= 11 is 0. The van der Waals surface area contributed by atoms with Gasteiger partial charge in [0.25, 0.3) is 0 Å². The fourth-order valence-electron chi connectivity index (χ4n) is 7.48. The first-order valence-electron chi connectivity index (χ1n) is 17.6. The average Bonchev–Trinajstić information content (AvgIpc) is 3.23. The highest BCUT2D eigenvalue weighted by atomic mass is 14.9. The molecule has 0 bridgehead atoms. The van der Waals surface area contributed by atoms with Gasteiger partial charge in [-0.25, -0.2) is 15.0 Å². The fraction of sp³-hybridized carbons (Fsp3) is 0. The van der Waals surface area contributed by atoms with Crippen molar-refractivity contribution in [3.05, 3.63) is 188 Å². The van der Waals surface area contributed by atoms with Crippen LogP contribution >= 0.6 is 0 Å². The van der Waals surface area contributed by atoms with Crippen LogP contribution in [0.25, 0.3) is 99.5 Å². The van der Waals surface area contributed by atoms with Crippen molar-refractivity contribution in [2.75, 3.05) is 0 Å². The molecule has 10 aromatic rings. The van der Waals surface area contributed by atoms with Gasteiger partial charge in [0.15, 0.2) is 5.82 Å². The molecule has 2 aromatic heterocycles. The number of nitrogens with zero attached hydrogens (tertiary/aromatic N) is 3. The molecule has 0 unspecified atom stereocenters. The summed E-state index contributed by atoms with van der Waals surface area (Å²) in [5.41, 5.74) is 11.6. The van der Waals surface area contributed by atoms with Crippen molar-refractivity contribution in [3.63, 3.8) is 0 Å². The lowest BCUT2D eigenvalue weighted by Gasteiger charge is -2.14. The van der Waals surface area contributed by atoms with Crippen LogP contribution in [0, 0.1) is 0 Å². The predicted octanol–water partition coefficient (Wildman–Crippen LogP) is 12.8. The average molecular weight is 662 g/mol. The summed E-state index contributed by atoms with van der Waals surface area (Å²) < 4.78 is 0. The first-order chi connectivity index (χ1) is 25.8. The van der Waals surface area contributed by atoms with Crippen molar-refractivity contribution in [1.82, 2.24) is 15.0 Å². The lowest BCUT2D eigenvalue weighted by atomic mass is 9.93. The van der Waals surface area contributed by atoms with E-state index in [1.807, 2.05) is 12.1 Å². The number of para-hydroxylation sites is 1. The third kappa shape index (κ3) is 5.19. The molecule has 2 heterocycles. The number of fused-ring (bicyclic) bond motifs is 6. The summed E-state index contributed by atoms with van der Waals surface area (Å²) in [7, 11) is 0. The van der Waals surface area contributed by atoms with Gasteiger partial charge in [-0.1, -0.05) is 164 Å². The van der Waals surface area contributed by atoms with Gasteiger partial charge in [-0.15, -0.1) is 0 Å². The number of rotatable bonds is 5. The highest BCUT2D eigenvalue weighted by molar-refractivity contribution is 6.22. The van der Waals surface area contributed by atoms with Crippen LogP contribution < -0.4 is 0 Å². The lowest BCUT2D eigenvalue weighted by molar-refractivity contribution is 1.23. The summed E-state index contributed by atoms with van der Waals surface area (Å²) in [6, 6.07) is 66.2. The zero-order chi connectivity index (χ0) is 34.4. The highest BCUT2D eigenvalue weighted by Crippen LogP contribution is 2.39. The molecule has 8 aromatic carbocycles. The van der Waals surface area contributed by atoms with E-state index in [4.69, 9.17) is 15.0 Å². The maximum Gasteiger partial charge on any atom is 0.160 e. The van der Waals surface area contributed by atoms with Gasteiger partial charge in [0, 0.05) is 38.2 Å². The zero-order valence-corrected chi connectivity index (χ0v) is 28.2. The minimum absolute atomic E-state index is 0.695. The van der Waals surface area contributed by atoms with Crippen LogP contribution in [0.5, 0.6) is 0 Å². The topological polar surface area (TPSA) is 38.7 Å². The van der Waals surface area contributed by atoms with Gasteiger partial charge in [-0.05, 0) is 57.3 Å². The Labute approximate surface area is 301 Å². The minimum Gasteiger partial charge on any atom is -0.247 e. The van der Waals surface area contributed by atoms with Crippen LogP contribution in [-0.4, -0.2) is 15.0 Å². The van der Waals surface area contributed by atoms with E-state index in [0.717, 1.165) is 60.8 Å². The molecular formula is C49H31N3. The van der Waals surface area contributed by atoms with Crippen molar-refractivity contribution in [2.24, 2.45) is 0 Å². The van der Waals surface area contributed by atoms with E-state index in [1.54, 1.807) is 0 Å². The molecular weight excluding hydrogens is 631 g/mol. The van der Waals surface area contributed by atoms with Gasteiger partial charge in [0.1, 0.15) is 0 Å². The van der Waals surface area contributed by atoms with E-state index in [0.29, 0.717) is 5.82 Å². The maximum atomic E-state index is 5.31. The van der Waals surface area contributed by atoms with Crippen LogP contribution in [0.3, 0.4) is 0 Å². The van der Waals surface area contributed by atoms with Crippen molar-refractivity contribution >= 4 is 43.4 Å². The smallest absolute Gasteiger partial charge is 0.160 e. The van der Waals surface area contributed by atoms with Gasteiger partial charge >= 0.3 is 0 Å². The Morgan fingerprint density at radius 1 is 0.269 bits per heavy atom. The van der Waals surface area contributed by atoms with E-state index in [9.17, 15) is 0 Å². The molecule has 0 aliphatic heterocycles. The Balaban J connectivity index is 1.11. The van der Waals surface area contributed by atoms with Gasteiger partial charge < -0.3 is 0 Å². The van der Waals surface area contributed by atoms with Gasteiger partial charge in [0.05, 0.1) is 22.4 Å². The third-order valence-corrected chi connectivity index (χ3v) is 10.1. The van der Waals surface area contributed by atoms with Crippen molar-refractivity contribution < 1.29 is 0 Å². The summed E-state index contributed by atoms with van der Waals surface area (Å²) in [5.74, 6) is 0.695. The normalized spacial score (nSPS) is 11.5. The standard InChI is InChI=1S/C49H31N3/c1-3-12-32(13-4-1)37-17-11-18-39(30-37)48-41-20-9-10-21-44(41)51-49(52-48)36-24-22-35(23-25-36)47-42-28-26-34-16-7-8-19-40(34)46(42)43-31-38(27-29-45(43)50-47)33-14-5-2-6-15-33/h1-31H. The second-order valence-corrected chi connectivity index (χ2v) is 13.2. The maximum absolute atomic E-state index is 5.31. The number of pyridine rings is 1. The molecule has 52 heavy (non-hydrogen) atoms. The summed E-state index contributed by atoms with van der Waals surface area (Å²) in [5, 5.41) is 6.98. The summed E-state index contributed by atoms with van der Waals surface area (Å²) in [6.45, 7) is 0.